The zero-order chi connectivity index (χ0) is 13.7. The average Bonchev–Trinajstić information content (AvgIpc) is 2.44. The molecule has 1 aliphatic heterocycles. The van der Waals surface area contributed by atoms with Crippen LogP contribution in [-0.2, 0) is 0 Å². The van der Waals surface area contributed by atoms with Gasteiger partial charge in [-0.15, -0.1) is 0 Å². The SMILES string of the molecule is CCCNc1cc(C(=O)N2CCSCC2)cc(Cl)n1. The molecule has 1 aromatic heterocycles. The van der Waals surface area contributed by atoms with Crippen LogP contribution >= 0.6 is 23.4 Å². The number of carbonyl (C=O) groups excluding carboxylic acids is 1. The number of hydrogen-bond acceptors (Lipinski definition) is 4. The van der Waals surface area contributed by atoms with E-state index in [4.69, 9.17) is 11.6 Å². The molecule has 1 saturated heterocycles. The Balaban J connectivity index is 2.13. The van der Waals surface area contributed by atoms with E-state index in [0.29, 0.717) is 16.5 Å². The van der Waals surface area contributed by atoms with Crippen LogP contribution in [0.5, 0.6) is 0 Å². The molecule has 0 spiro atoms. The fourth-order valence-corrected chi connectivity index (χ4v) is 3.02. The minimum atomic E-state index is 0.0455. The lowest BCUT2D eigenvalue weighted by Gasteiger charge is -2.26. The third-order valence-corrected chi connectivity index (χ3v) is 4.03. The lowest BCUT2D eigenvalue weighted by atomic mass is 10.2. The molecule has 0 bridgehead atoms. The summed E-state index contributed by atoms with van der Waals surface area (Å²) in [5, 5.41) is 3.52. The predicted octanol–water partition coefficient (Wildman–Crippen LogP) is 2.75. The van der Waals surface area contributed by atoms with E-state index in [-0.39, 0.29) is 5.91 Å². The third kappa shape index (κ3) is 4.01. The van der Waals surface area contributed by atoms with Crippen LogP contribution in [0.2, 0.25) is 5.15 Å². The van der Waals surface area contributed by atoms with Crippen molar-refractivity contribution >= 4 is 35.1 Å². The smallest absolute Gasteiger partial charge is 0.254 e. The highest BCUT2D eigenvalue weighted by Gasteiger charge is 2.19. The Morgan fingerprint density at radius 1 is 1.47 bits per heavy atom. The maximum Gasteiger partial charge on any atom is 0.254 e. The first-order valence-electron chi connectivity index (χ1n) is 6.49. The van der Waals surface area contributed by atoms with Crippen LogP contribution in [-0.4, -0.2) is 46.9 Å². The summed E-state index contributed by atoms with van der Waals surface area (Å²) in [7, 11) is 0. The number of thioether (sulfide) groups is 1. The minimum Gasteiger partial charge on any atom is -0.370 e. The minimum absolute atomic E-state index is 0.0455. The molecule has 6 heteroatoms. The van der Waals surface area contributed by atoms with Crippen molar-refractivity contribution in [2.45, 2.75) is 13.3 Å². The normalized spacial score (nSPS) is 15.4. The topological polar surface area (TPSA) is 45.2 Å². The Hall–Kier alpha value is -0.940. The number of nitrogens with zero attached hydrogens (tertiary/aromatic N) is 2. The molecule has 104 valence electrons. The molecule has 0 radical (unpaired) electrons. The van der Waals surface area contributed by atoms with Crippen molar-refractivity contribution in [2.24, 2.45) is 0 Å². The Bertz CT molecular complexity index is 450. The van der Waals surface area contributed by atoms with Gasteiger partial charge >= 0.3 is 0 Å². The molecule has 0 aromatic carbocycles. The van der Waals surface area contributed by atoms with Gasteiger partial charge in [0.2, 0.25) is 0 Å². The van der Waals surface area contributed by atoms with E-state index in [1.54, 1.807) is 12.1 Å². The average molecular weight is 300 g/mol. The van der Waals surface area contributed by atoms with Gasteiger partial charge in [0, 0.05) is 36.7 Å². The van der Waals surface area contributed by atoms with Crippen LogP contribution in [0.3, 0.4) is 0 Å². The monoisotopic (exact) mass is 299 g/mol. The van der Waals surface area contributed by atoms with Crippen molar-refractivity contribution in [3.8, 4) is 0 Å². The van der Waals surface area contributed by atoms with Gasteiger partial charge in [-0.05, 0) is 18.6 Å². The van der Waals surface area contributed by atoms with Crippen molar-refractivity contribution in [3.63, 3.8) is 0 Å². The van der Waals surface area contributed by atoms with Crippen LogP contribution < -0.4 is 5.32 Å². The molecule has 2 rings (SSSR count). The van der Waals surface area contributed by atoms with Crippen molar-refractivity contribution in [1.82, 2.24) is 9.88 Å². The van der Waals surface area contributed by atoms with E-state index >= 15 is 0 Å². The molecule has 19 heavy (non-hydrogen) atoms. The number of pyridine rings is 1. The molecule has 1 N–H and O–H groups in total. The van der Waals surface area contributed by atoms with Gasteiger partial charge in [-0.25, -0.2) is 4.98 Å². The third-order valence-electron chi connectivity index (χ3n) is 2.90. The molecular weight excluding hydrogens is 282 g/mol. The van der Waals surface area contributed by atoms with E-state index in [9.17, 15) is 4.79 Å². The number of halogens is 1. The second-order valence-corrected chi connectivity index (χ2v) is 6.01. The summed E-state index contributed by atoms with van der Waals surface area (Å²) in [5.74, 6) is 2.73. The molecule has 1 aliphatic rings. The quantitative estimate of drug-likeness (QED) is 0.868. The summed E-state index contributed by atoms with van der Waals surface area (Å²) < 4.78 is 0. The lowest BCUT2D eigenvalue weighted by molar-refractivity contribution is 0.0772. The highest BCUT2D eigenvalue weighted by atomic mass is 35.5. The van der Waals surface area contributed by atoms with Crippen LogP contribution in [0.1, 0.15) is 23.7 Å². The standard InChI is InChI=1S/C13H18ClN3OS/c1-2-3-15-12-9-10(8-11(14)16-12)13(18)17-4-6-19-7-5-17/h8-9H,2-7H2,1H3,(H,15,16). The number of amides is 1. The Labute approximate surface area is 122 Å². The lowest BCUT2D eigenvalue weighted by Crippen LogP contribution is -2.37. The molecule has 0 saturated carbocycles. The molecule has 1 aromatic rings. The number of nitrogens with one attached hydrogen (secondary N) is 1. The molecule has 0 unspecified atom stereocenters. The summed E-state index contributed by atoms with van der Waals surface area (Å²) in [6, 6.07) is 3.42. The zero-order valence-electron chi connectivity index (χ0n) is 11.0. The van der Waals surface area contributed by atoms with Crippen molar-refractivity contribution in [2.75, 3.05) is 36.5 Å². The van der Waals surface area contributed by atoms with Gasteiger partial charge in [0.15, 0.2) is 0 Å². The highest BCUT2D eigenvalue weighted by Crippen LogP contribution is 2.18. The van der Waals surface area contributed by atoms with Gasteiger partial charge in [0.25, 0.3) is 5.91 Å². The van der Waals surface area contributed by atoms with E-state index in [1.165, 1.54) is 0 Å². The van der Waals surface area contributed by atoms with Crippen LogP contribution in [0.15, 0.2) is 12.1 Å². The number of rotatable bonds is 4. The first-order valence-corrected chi connectivity index (χ1v) is 8.02. The van der Waals surface area contributed by atoms with Gasteiger partial charge in [-0.2, -0.15) is 11.8 Å². The van der Waals surface area contributed by atoms with E-state index in [1.807, 2.05) is 16.7 Å². The maximum atomic E-state index is 12.4. The molecule has 0 aliphatic carbocycles. The second-order valence-electron chi connectivity index (χ2n) is 4.40. The van der Waals surface area contributed by atoms with E-state index in [2.05, 4.69) is 17.2 Å². The van der Waals surface area contributed by atoms with Gasteiger partial charge in [-0.3, -0.25) is 4.79 Å². The summed E-state index contributed by atoms with van der Waals surface area (Å²) in [6.07, 6.45) is 1.00. The van der Waals surface area contributed by atoms with Crippen LogP contribution in [0, 0.1) is 0 Å². The van der Waals surface area contributed by atoms with Gasteiger partial charge in [-0.1, -0.05) is 18.5 Å². The number of carbonyl (C=O) groups is 1. The number of hydrogen-bond donors (Lipinski definition) is 1. The first kappa shape index (κ1) is 14.5. The highest BCUT2D eigenvalue weighted by molar-refractivity contribution is 7.99. The van der Waals surface area contributed by atoms with Gasteiger partial charge < -0.3 is 10.2 Å². The Morgan fingerprint density at radius 3 is 2.89 bits per heavy atom. The fourth-order valence-electron chi connectivity index (χ4n) is 1.91. The van der Waals surface area contributed by atoms with Crippen LogP contribution in [0.25, 0.3) is 0 Å². The van der Waals surface area contributed by atoms with Crippen molar-refractivity contribution < 1.29 is 4.79 Å². The molecular formula is C13H18ClN3OS. The van der Waals surface area contributed by atoms with Gasteiger partial charge in [0.05, 0.1) is 0 Å². The summed E-state index contributed by atoms with van der Waals surface area (Å²) in [6.45, 7) is 4.51. The van der Waals surface area contributed by atoms with E-state index < -0.39 is 0 Å². The molecule has 0 atom stereocenters. The fraction of sp³-hybridized carbons (Fsp3) is 0.538. The molecule has 1 fully saturated rings. The van der Waals surface area contributed by atoms with Gasteiger partial charge in [0.1, 0.15) is 11.0 Å². The maximum absolute atomic E-state index is 12.4. The second kappa shape index (κ2) is 7.01. The summed E-state index contributed by atoms with van der Waals surface area (Å²) in [4.78, 5) is 18.4. The first-order chi connectivity index (χ1) is 9.20. The Kier molecular flexibility index (Phi) is 5.34. The van der Waals surface area contributed by atoms with E-state index in [0.717, 1.165) is 37.6 Å². The zero-order valence-corrected chi connectivity index (χ0v) is 12.6. The van der Waals surface area contributed by atoms with Crippen LogP contribution in [0.4, 0.5) is 5.82 Å². The van der Waals surface area contributed by atoms with Crippen molar-refractivity contribution in [1.29, 1.82) is 0 Å². The molecule has 4 nitrogen and oxygen atoms in total. The summed E-state index contributed by atoms with van der Waals surface area (Å²) >= 11 is 7.87. The summed E-state index contributed by atoms with van der Waals surface area (Å²) in [5.41, 5.74) is 0.616. The molecule has 2 heterocycles. The number of anilines is 1. The largest absolute Gasteiger partial charge is 0.370 e. The predicted molar refractivity (Wildman–Crippen MR) is 81.3 cm³/mol. The molecule has 1 amide bonds. The van der Waals surface area contributed by atoms with Crippen molar-refractivity contribution in [3.05, 3.63) is 22.8 Å². The number of aromatic nitrogens is 1. The Morgan fingerprint density at radius 2 is 2.21 bits per heavy atom.